The van der Waals surface area contributed by atoms with Crippen molar-refractivity contribution in [2.45, 2.75) is 39.8 Å². The first-order valence-corrected chi connectivity index (χ1v) is 10.1. The van der Waals surface area contributed by atoms with E-state index in [1.54, 1.807) is 19.9 Å². The minimum atomic E-state index is -0.538. The summed E-state index contributed by atoms with van der Waals surface area (Å²) in [5.41, 5.74) is 4.79. The zero-order valence-corrected chi connectivity index (χ0v) is 17.4. The number of aryl methyl sites for hydroxylation is 1. The molecule has 1 heterocycles. The quantitative estimate of drug-likeness (QED) is 0.472. The van der Waals surface area contributed by atoms with Crippen LogP contribution in [0.15, 0.2) is 60.8 Å². The molecular weight excluding hydrogens is 381 g/mol. The first-order chi connectivity index (χ1) is 14.4. The summed E-state index contributed by atoms with van der Waals surface area (Å²) < 4.78 is 15.6. The lowest BCUT2D eigenvalue weighted by molar-refractivity contribution is -0.130. The van der Waals surface area contributed by atoms with Gasteiger partial charge in [-0.1, -0.05) is 31.2 Å². The van der Waals surface area contributed by atoms with Gasteiger partial charge < -0.3 is 4.57 Å². The van der Waals surface area contributed by atoms with Gasteiger partial charge in [0.1, 0.15) is 5.82 Å². The fraction of sp³-hybridized carbons (Fsp3) is 0.250. The minimum absolute atomic E-state index is 0.153. The molecule has 156 valence electrons. The number of hydrogen-bond acceptors (Lipinski definition) is 2. The number of nitrogens with zero attached hydrogens (tertiary/aromatic N) is 2. The lowest BCUT2D eigenvalue weighted by Gasteiger charge is -2.25. The molecule has 0 aliphatic heterocycles. The third-order valence-corrected chi connectivity index (χ3v) is 4.75. The molecule has 0 unspecified atom stereocenters. The van der Waals surface area contributed by atoms with Gasteiger partial charge in [0.05, 0.1) is 0 Å². The highest BCUT2D eigenvalue weighted by atomic mass is 19.1. The molecule has 0 aliphatic rings. The number of nitrogens with one attached hydrogen (secondary N) is 1. The molecule has 5 nitrogen and oxygen atoms in total. The standard InChI is InChI=1S/C24H26FN3O2/c1-4-14-27-16-19(21-10-5-6-11-22(21)27)12-13-23(29)28(17(2)3)26-24(30)18-8-7-9-20(25)15-18/h5-13,15-17H,4,14H2,1-3H3,(H,26,30)/b13-12+. The predicted molar refractivity (Wildman–Crippen MR) is 117 cm³/mol. The van der Waals surface area contributed by atoms with Gasteiger partial charge in [-0.15, -0.1) is 0 Å². The van der Waals surface area contributed by atoms with Crippen molar-refractivity contribution < 1.29 is 14.0 Å². The normalized spacial score (nSPS) is 11.4. The van der Waals surface area contributed by atoms with Crippen molar-refractivity contribution in [2.75, 3.05) is 0 Å². The monoisotopic (exact) mass is 407 g/mol. The number of para-hydroxylation sites is 1. The van der Waals surface area contributed by atoms with E-state index in [9.17, 15) is 14.0 Å². The van der Waals surface area contributed by atoms with Crippen LogP contribution in [0.25, 0.3) is 17.0 Å². The lowest BCUT2D eigenvalue weighted by atomic mass is 10.1. The summed E-state index contributed by atoms with van der Waals surface area (Å²) in [7, 11) is 0. The van der Waals surface area contributed by atoms with Gasteiger partial charge in [0.2, 0.25) is 0 Å². The Kier molecular flexibility index (Phi) is 6.67. The van der Waals surface area contributed by atoms with Gasteiger partial charge in [0, 0.05) is 46.9 Å². The van der Waals surface area contributed by atoms with Crippen LogP contribution in [0.1, 0.15) is 43.1 Å². The number of hydrazine groups is 1. The molecule has 0 aliphatic carbocycles. The molecule has 0 fully saturated rings. The second-order valence-electron chi connectivity index (χ2n) is 7.38. The van der Waals surface area contributed by atoms with E-state index in [4.69, 9.17) is 0 Å². The Bertz CT molecular complexity index is 1080. The Labute approximate surface area is 175 Å². The van der Waals surface area contributed by atoms with Crippen molar-refractivity contribution in [3.8, 4) is 0 Å². The number of hydrogen-bond donors (Lipinski definition) is 1. The molecule has 3 rings (SSSR count). The van der Waals surface area contributed by atoms with Crippen molar-refractivity contribution in [2.24, 2.45) is 0 Å². The smallest absolute Gasteiger partial charge is 0.269 e. The van der Waals surface area contributed by atoms with Crippen LogP contribution in [0.2, 0.25) is 0 Å². The minimum Gasteiger partial charge on any atom is -0.347 e. The molecule has 2 aromatic carbocycles. The molecular formula is C24H26FN3O2. The summed E-state index contributed by atoms with van der Waals surface area (Å²) in [6, 6.07) is 13.1. The number of carbonyl (C=O) groups is 2. The van der Waals surface area contributed by atoms with Crippen molar-refractivity contribution in [1.29, 1.82) is 0 Å². The first kappa shape index (κ1) is 21.3. The fourth-order valence-electron chi connectivity index (χ4n) is 3.32. The highest BCUT2D eigenvalue weighted by Gasteiger charge is 2.19. The van der Waals surface area contributed by atoms with Crippen LogP contribution in [0, 0.1) is 5.82 Å². The van der Waals surface area contributed by atoms with Crippen molar-refractivity contribution in [3.63, 3.8) is 0 Å². The second-order valence-corrected chi connectivity index (χ2v) is 7.38. The van der Waals surface area contributed by atoms with Gasteiger partial charge in [0.25, 0.3) is 11.8 Å². The zero-order chi connectivity index (χ0) is 21.7. The summed E-state index contributed by atoms with van der Waals surface area (Å²) >= 11 is 0. The van der Waals surface area contributed by atoms with Gasteiger partial charge in [-0.3, -0.25) is 15.0 Å². The molecule has 3 aromatic rings. The zero-order valence-electron chi connectivity index (χ0n) is 17.4. The maximum Gasteiger partial charge on any atom is 0.269 e. The Morgan fingerprint density at radius 3 is 2.63 bits per heavy atom. The molecule has 0 saturated carbocycles. The van der Waals surface area contributed by atoms with Gasteiger partial charge in [0.15, 0.2) is 0 Å². The molecule has 0 saturated heterocycles. The molecule has 0 atom stereocenters. The van der Waals surface area contributed by atoms with E-state index in [0.717, 1.165) is 35.5 Å². The fourth-order valence-corrected chi connectivity index (χ4v) is 3.32. The van der Waals surface area contributed by atoms with Gasteiger partial charge >= 0.3 is 0 Å². The molecule has 0 radical (unpaired) electrons. The van der Waals surface area contributed by atoms with E-state index in [2.05, 4.69) is 23.0 Å². The number of rotatable bonds is 6. The summed E-state index contributed by atoms with van der Waals surface area (Å²) in [4.78, 5) is 25.2. The average molecular weight is 407 g/mol. The first-order valence-electron chi connectivity index (χ1n) is 10.1. The van der Waals surface area contributed by atoms with Crippen LogP contribution in [0.4, 0.5) is 4.39 Å². The molecule has 1 N–H and O–H groups in total. The third kappa shape index (κ3) is 4.76. The third-order valence-electron chi connectivity index (χ3n) is 4.75. The maximum absolute atomic E-state index is 13.4. The highest BCUT2D eigenvalue weighted by molar-refractivity contribution is 5.99. The molecule has 30 heavy (non-hydrogen) atoms. The summed E-state index contributed by atoms with van der Waals surface area (Å²) in [5, 5.41) is 2.31. The molecule has 0 spiro atoms. The number of amides is 2. The van der Waals surface area contributed by atoms with Crippen LogP contribution in [0.5, 0.6) is 0 Å². The average Bonchev–Trinajstić information content (AvgIpc) is 3.08. The van der Waals surface area contributed by atoms with Crippen LogP contribution < -0.4 is 5.43 Å². The van der Waals surface area contributed by atoms with E-state index in [0.29, 0.717) is 0 Å². The van der Waals surface area contributed by atoms with Crippen molar-refractivity contribution >= 4 is 28.8 Å². The Morgan fingerprint density at radius 1 is 1.17 bits per heavy atom. The number of fused-ring (bicyclic) bond motifs is 1. The van der Waals surface area contributed by atoms with Crippen molar-refractivity contribution in [3.05, 3.63) is 77.7 Å². The Balaban J connectivity index is 1.81. The van der Waals surface area contributed by atoms with Crippen LogP contribution in [0.3, 0.4) is 0 Å². The van der Waals surface area contributed by atoms with E-state index in [1.807, 2.05) is 24.4 Å². The van der Waals surface area contributed by atoms with E-state index in [-0.39, 0.29) is 17.5 Å². The number of carbonyl (C=O) groups excluding carboxylic acids is 2. The van der Waals surface area contributed by atoms with Gasteiger partial charge in [-0.25, -0.2) is 9.40 Å². The van der Waals surface area contributed by atoms with Crippen molar-refractivity contribution in [1.82, 2.24) is 15.0 Å². The van der Waals surface area contributed by atoms with E-state index in [1.165, 1.54) is 29.3 Å². The highest BCUT2D eigenvalue weighted by Crippen LogP contribution is 2.23. The van der Waals surface area contributed by atoms with Crippen LogP contribution in [-0.2, 0) is 11.3 Å². The molecule has 6 heteroatoms. The van der Waals surface area contributed by atoms with Crippen LogP contribution in [-0.4, -0.2) is 27.4 Å². The number of halogens is 1. The number of benzene rings is 2. The largest absolute Gasteiger partial charge is 0.347 e. The maximum atomic E-state index is 13.4. The van der Waals surface area contributed by atoms with E-state index < -0.39 is 11.7 Å². The Hall–Kier alpha value is -3.41. The van der Waals surface area contributed by atoms with E-state index >= 15 is 0 Å². The molecule has 2 amide bonds. The summed E-state index contributed by atoms with van der Waals surface area (Å²) in [6.45, 7) is 6.61. The second kappa shape index (κ2) is 9.39. The summed E-state index contributed by atoms with van der Waals surface area (Å²) in [6.07, 6.45) is 6.25. The number of aromatic nitrogens is 1. The SMILES string of the molecule is CCCn1cc(/C=C/C(=O)N(NC(=O)c2cccc(F)c2)C(C)C)c2ccccc21. The Morgan fingerprint density at radius 2 is 1.93 bits per heavy atom. The summed E-state index contributed by atoms with van der Waals surface area (Å²) in [5.74, 6) is -1.40. The molecule has 0 bridgehead atoms. The topological polar surface area (TPSA) is 54.3 Å². The molecule has 1 aromatic heterocycles. The predicted octanol–water partition coefficient (Wildman–Crippen LogP) is 4.79. The van der Waals surface area contributed by atoms with Gasteiger partial charge in [-0.05, 0) is 50.6 Å². The van der Waals surface area contributed by atoms with Crippen LogP contribution >= 0.6 is 0 Å². The lowest BCUT2D eigenvalue weighted by Crippen LogP contribution is -2.49. The van der Waals surface area contributed by atoms with Gasteiger partial charge in [-0.2, -0.15) is 0 Å².